The first kappa shape index (κ1) is 17.2. The highest BCUT2D eigenvalue weighted by molar-refractivity contribution is 14.1. The van der Waals surface area contributed by atoms with Crippen LogP contribution in [0.1, 0.15) is 36.5 Å². The molecule has 2 rings (SSSR count). The SMILES string of the molecule is CCC1(OC(=O)c2cc(I)cc(I)c2I)CCC[NH2+]C1. The summed E-state index contributed by atoms with van der Waals surface area (Å²) >= 11 is 6.74. The minimum absolute atomic E-state index is 0.178. The third kappa shape index (κ3) is 3.97. The van der Waals surface area contributed by atoms with Crippen LogP contribution in [-0.2, 0) is 4.74 Å². The normalized spacial score (nSPS) is 22.6. The van der Waals surface area contributed by atoms with Gasteiger partial charge in [-0.2, -0.15) is 0 Å². The highest BCUT2D eigenvalue weighted by Gasteiger charge is 2.37. The van der Waals surface area contributed by atoms with E-state index in [9.17, 15) is 4.79 Å². The average Bonchev–Trinajstić information content (AvgIpc) is 2.43. The van der Waals surface area contributed by atoms with Crippen molar-refractivity contribution in [3.05, 3.63) is 28.4 Å². The van der Waals surface area contributed by atoms with E-state index in [-0.39, 0.29) is 11.6 Å². The van der Waals surface area contributed by atoms with E-state index in [0.29, 0.717) is 5.56 Å². The summed E-state index contributed by atoms with van der Waals surface area (Å²) in [6.45, 7) is 4.13. The van der Waals surface area contributed by atoms with Gasteiger partial charge in [-0.05, 0) is 92.7 Å². The molecule has 3 nitrogen and oxygen atoms in total. The molecule has 1 saturated heterocycles. The van der Waals surface area contributed by atoms with Gasteiger partial charge in [0.15, 0.2) is 5.60 Å². The Kier molecular flexibility index (Phi) is 6.37. The topological polar surface area (TPSA) is 42.9 Å². The number of ether oxygens (including phenoxy) is 1. The molecule has 1 heterocycles. The Balaban J connectivity index is 2.23. The molecule has 0 aromatic heterocycles. The molecule has 1 aliphatic heterocycles. The zero-order valence-corrected chi connectivity index (χ0v) is 17.7. The van der Waals surface area contributed by atoms with Crippen molar-refractivity contribution in [2.24, 2.45) is 0 Å². The van der Waals surface area contributed by atoms with Crippen molar-refractivity contribution in [3.63, 3.8) is 0 Å². The minimum atomic E-state index is -0.287. The van der Waals surface area contributed by atoms with Crippen molar-refractivity contribution in [2.75, 3.05) is 13.1 Å². The molecular weight excluding hydrogens is 595 g/mol. The van der Waals surface area contributed by atoms with Crippen LogP contribution in [0.3, 0.4) is 0 Å². The number of carbonyl (C=O) groups excluding carboxylic acids is 1. The van der Waals surface area contributed by atoms with Crippen molar-refractivity contribution in [3.8, 4) is 0 Å². The molecule has 1 aromatic rings. The molecule has 0 bridgehead atoms. The summed E-state index contributed by atoms with van der Waals surface area (Å²) in [5.41, 5.74) is 0.408. The van der Waals surface area contributed by atoms with Crippen LogP contribution in [0.2, 0.25) is 0 Å². The summed E-state index contributed by atoms with van der Waals surface area (Å²) in [5.74, 6) is -0.178. The quantitative estimate of drug-likeness (QED) is 0.324. The second-order valence-corrected chi connectivity index (χ2v) is 8.55. The first-order valence-corrected chi connectivity index (χ1v) is 9.90. The highest BCUT2D eigenvalue weighted by Crippen LogP contribution is 2.28. The number of hydrogen-bond donors (Lipinski definition) is 1. The van der Waals surface area contributed by atoms with Crippen molar-refractivity contribution < 1.29 is 14.8 Å². The Morgan fingerprint density at radius 3 is 2.75 bits per heavy atom. The maximum atomic E-state index is 12.6. The van der Waals surface area contributed by atoms with Gasteiger partial charge in [0.2, 0.25) is 0 Å². The smallest absolute Gasteiger partial charge is 0.340 e. The third-order valence-corrected chi connectivity index (χ3v) is 7.39. The van der Waals surface area contributed by atoms with Gasteiger partial charge in [0.25, 0.3) is 0 Å². The second kappa shape index (κ2) is 7.40. The van der Waals surface area contributed by atoms with Crippen LogP contribution < -0.4 is 5.32 Å². The summed E-state index contributed by atoms with van der Waals surface area (Å²) in [4.78, 5) is 12.6. The number of hydrogen-bond acceptors (Lipinski definition) is 2. The number of carbonyl (C=O) groups is 1. The summed E-state index contributed by atoms with van der Waals surface area (Å²) in [5, 5.41) is 2.25. The van der Waals surface area contributed by atoms with Crippen LogP contribution in [0.5, 0.6) is 0 Å². The molecule has 6 heteroatoms. The van der Waals surface area contributed by atoms with E-state index in [1.807, 2.05) is 6.07 Å². The summed E-state index contributed by atoms with van der Waals surface area (Å²) in [7, 11) is 0. The van der Waals surface area contributed by atoms with E-state index in [4.69, 9.17) is 4.74 Å². The maximum Gasteiger partial charge on any atom is 0.340 e. The van der Waals surface area contributed by atoms with E-state index in [0.717, 1.165) is 43.1 Å². The fraction of sp³-hybridized carbons (Fsp3) is 0.500. The first-order chi connectivity index (χ1) is 9.47. The standard InChI is InChI=1S/C14H16I3NO2/c1-2-14(4-3-5-18-8-14)20-13(19)10-6-9(15)7-11(16)12(10)17/h6-7,18H,2-5,8H2,1H3/p+1. The molecule has 1 aliphatic rings. The molecule has 0 radical (unpaired) electrons. The van der Waals surface area contributed by atoms with Crippen LogP contribution >= 0.6 is 67.8 Å². The van der Waals surface area contributed by atoms with Gasteiger partial charge in [0.1, 0.15) is 6.54 Å². The van der Waals surface area contributed by atoms with Crippen LogP contribution in [0, 0.1) is 10.7 Å². The second-order valence-electron chi connectivity index (χ2n) is 5.06. The number of nitrogens with two attached hydrogens (primary N) is 1. The molecule has 20 heavy (non-hydrogen) atoms. The van der Waals surface area contributed by atoms with Crippen molar-refractivity contribution in [1.82, 2.24) is 0 Å². The van der Waals surface area contributed by atoms with Gasteiger partial charge in [0, 0.05) is 17.1 Å². The van der Waals surface area contributed by atoms with Gasteiger partial charge in [-0.3, -0.25) is 0 Å². The molecule has 2 N–H and O–H groups in total. The summed E-state index contributed by atoms with van der Waals surface area (Å²) < 4.78 is 9.08. The molecule has 1 fully saturated rings. The van der Waals surface area contributed by atoms with E-state index in [2.05, 4.69) is 86.1 Å². The average molecular weight is 612 g/mol. The lowest BCUT2D eigenvalue weighted by Crippen LogP contribution is -2.90. The van der Waals surface area contributed by atoms with Gasteiger partial charge in [-0.1, -0.05) is 6.92 Å². The largest absolute Gasteiger partial charge is 0.449 e. The monoisotopic (exact) mass is 612 g/mol. The molecule has 0 aliphatic carbocycles. The van der Waals surface area contributed by atoms with Crippen LogP contribution in [0.4, 0.5) is 0 Å². The number of quaternary nitrogens is 1. The number of benzene rings is 1. The number of esters is 1. The zero-order valence-electron chi connectivity index (χ0n) is 11.2. The maximum absolute atomic E-state index is 12.6. The Hall–Kier alpha value is 0.840. The third-order valence-electron chi connectivity index (χ3n) is 3.72. The lowest BCUT2D eigenvalue weighted by molar-refractivity contribution is -0.676. The number of rotatable bonds is 3. The minimum Gasteiger partial charge on any atom is -0.449 e. The predicted molar refractivity (Wildman–Crippen MR) is 104 cm³/mol. The fourth-order valence-electron chi connectivity index (χ4n) is 2.48. The first-order valence-electron chi connectivity index (χ1n) is 6.67. The fourth-order valence-corrected chi connectivity index (χ4v) is 4.85. The molecule has 0 saturated carbocycles. The van der Waals surface area contributed by atoms with Crippen molar-refractivity contribution >= 4 is 73.7 Å². The van der Waals surface area contributed by atoms with E-state index in [1.54, 1.807) is 0 Å². The summed E-state index contributed by atoms with van der Waals surface area (Å²) in [6.07, 6.45) is 2.97. The van der Waals surface area contributed by atoms with Crippen LogP contribution in [0.25, 0.3) is 0 Å². The molecule has 1 atom stereocenters. The van der Waals surface area contributed by atoms with E-state index >= 15 is 0 Å². The zero-order chi connectivity index (χ0) is 14.8. The van der Waals surface area contributed by atoms with Gasteiger partial charge in [-0.25, -0.2) is 4.79 Å². The van der Waals surface area contributed by atoms with Gasteiger partial charge in [0.05, 0.1) is 12.1 Å². The Morgan fingerprint density at radius 1 is 1.40 bits per heavy atom. The molecule has 0 amide bonds. The highest BCUT2D eigenvalue weighted by atomic mass is 127. The Labute approximate surface area is 160 Å². The number of halogens is 3. The van der Waals surface area contributed by atoms with Gasteiger partial charge >= 0.3 is 5.97 Å². The molecule has 110 valence electrons. The van der Waals surface area contributed by atoms with Gasteiger partial charge < -0.3 is 10.1 Å². The van der Waals surface area contributed by atoms with Crippen LogP contribution in [0.15, 0.2) is 12.1 Å². The van der Waals surface area contributed by atoms with E-state index < -0.39 is 0 Å². The lowest BCUT2D eigenvalue weighted by Gasteiger charge is -2.34. The molecule has 1 unspecified atom stereocenters. The molecule has 1 aromatic carbocycles. The van der Waals surface area contributed by atoms with Crippen molar-refractivity contribution in [1.29, 1.82) is 0 Å². The number of piperidine rings is 1. The van der Waals surface area contributed by atoms with Crippen LogP contribution in [-0.4, -0.2) is 24.7 Å². The van der Waals surface area contributed by atoms with Gasteiger partial charge in [-0.15, -0.1) is 0 Å². The summed E-state index contributed by atoms with van der Waals surface area (Å²) in [6, 6.07) is 3.99. The predicted octanol–water partition coefficient (Wildman–Crippen LogP) is 3.16. The molecular formula is C14H17I3NO2+. The molecule has 0 spiro atoms. The Morgan fingerprint density at radius 2 is 2.15 bits per heavy atom. The van der Waals surface area contributed by atoms with E-state index in [1.165, 1.54) is 0 Å². The van der Waals surface area contributed by atoms with Crippen molar-refractivity contribution in [2.45, 2.75) is 31.8 Å². The lowest BCUT2D eigenvalue weighted by atomic mass is 9.91. The Bertz CT molecular complexity index is 513.